The van der Waals surface area contributed by atoms with Gasteiger partial charge in [0.1, 0.15) is 0 Å². The molecule has 3 aromatic rings. The normalized spacial score (nSPS) is 19.5. The zero-order chi connectivity index (χ0) is 20.2. The van der Waals surface area contributed by atoms with Crippen molar-refractivity contribution in [2.75, 3.05) is 24.6 Å². The molecule has 0 amide bonds. The largest absolute Gasteiger partial charge is 0.376 e. The topological polar surface area (TPSA) is 73.9 Å². The summed E-state index contributed by atoms with van der Waals surface area (Å²) < 4.78 is 8.17. The Morgan fingerprint density at radius 1 is 1.03 bits per heavy atom. The number of ether oxygens (including phenoxy) is 1. The van der Waals surface area contributed by atoms with Crippen LogP contribution in [0.4, 0.5) is 5.95 Å². The van der Waals surface area contributed by atoms with Gasteiger partial charge in [-0.15, -0.1) is 10.2 Å². The fraction of sp³-hybridized carbons (Fsp3) is 0.524. The molecule has 1 unspecified atom stereocenters. The molecular weight excluding hydrogens is 398 g/mol. The second kappa shape index (κ2) is 9.18. The maximum absolute atomic E-state index is 5.91. The summed E-state index contributed by atoms with van der Waals surface area (Å²) in [5.41, 5.74) is 1.89. The van der Waals surface area contributed by atoms with Crippen LogP contribution in [0.1, 0.15) is 37.8 Å². The molecule has 158 valence electrons. The molecule has 1 aromatic carbocycles. The monoisotopic (exact) mass is 425 g/mol. The molecule has 2 aliphatic heterocycles. The van der Waals surface area contributed by atoms with Crippen LogP contribution < -0.4 is 4.90 Å². The van der Waals surface area contributed by atoms with Crippen LogP contribution in [0.2, 0.25) is 0 Å². The molecule has 2 aromatic heterocycles. The van der Waals surface area contributed by atoms with E-state index >= 15 is 0 Å². The molecule has 5 rings (SSSR count). The van der Waals surface area contributed by atoms with Crippen LogP contribution in [0, 0.1) is 0 Å². The van der Waals surface area contributed by atoms with Crippen molar-refractivity contribution >= 4 is 17.7 Å². The molecule has 0 bridgehead atoms. The van der Waals surface area contributed by atoms with E-state index in [1.807, 2.05) is 36.5 Å². The molecule has 2 saturated heterocycles. The molecule has 2 fully saturated rings. The number of anilines is 1. The zero-order valence-electron chi connectivity index (χ0n) is 17.1. The van der Waals surface area contributed by atoms with Crippen molar-refractivity contribution in [2.24, 2.45) is 0 Å². The minimum Gasteiger partial charge on any atom is -0.376 e. The van der Waals surface area contributed by atoms with Gasteiger partial charge in [0.2, 0.25) is 5.95 Å². The van der Waals surface area contributed by atoms with Crippen LogP contribution >= 0.6 is 11.8 Å². The first-order valence-corrected chi connectivity index (χ1v) is 11.7. The summed E-state index contributed by atoms with van der Waals surface area (Å²) in [4.78, 5) is 4.05. The maximum atomic E-state index is 5.91. The van der Waals surface area contributed by atoms with Crippen LogP contribution in [0.15, 0.2) is 41.7 Å². The first kappa shape index (κ1) is 19.6. The predicted octanol–water partition coefficient (Wildman–Crippen LogP) is 3.32. The zero-order valence-corrected chi connectivity index (χ0v) is 17.9. The molecule has 4 heterocycles. The molecular formula is C21H27N7OS. The molecule has 0 N–H and O–H groups in total. The summed E-state index contributed by atoms with van der Waals surface area (Å²) in [7, 11) is 0. The Morgan fingerprint density at radius 3 is 2.70 bits per heavy atom. The SMILES string of the molecule is c1ccc(-n2ncc(CSc3nnc(N4CCCCC4)n3CC3CCCO3)n2)cc1. The molecule has 9 heteroatoms. The van der Waals surface area contributed by atoms with E-state index in [-0.39, 0.29) is 6.10 Å². The van der Waals surface area contributed by atoms with Crippen LogP contribution in [-0.2, 0) is 17.0 Å². The van der Waals surface area contributed by atoms with Gasteiger partial charge in [-0.3, -0.25) is 4.57 Å². The first-order chi connectivity index (χ1) is 14.9. The standard InChI is InChI=1S/C21H27N7OS/c1-3-8-18(9-4-1)28-22-14-17(25-28)16-30-21-24-23-20(26-11-5-2-6-12-26)27(21)15-19-10-7-13-29-19/h1,3-4,8-9,14,19H,2,5-7,10-13,15-16H2. The maximum Gasteiger partial charge on any atom is 0.228 e. The van der Waals surface area contributed by atoms with E-state index < -0.39 is 0 Å². The smallest absolute Gasteiger partial charge is 0.228 e. The van der Waals surface area contributed by atoms with Gasteiger partial charge in [-0.05, 0) is 44.2 Å². The van der Waals surface area contributed by atoms with E-state index in [0.717, 1.165) is 61.6 Å². The Hall–Kier alpha value is -2.39. The molecule has 0 saturated carbocycles. The van der Waals surface area contributed by atoms with Crippen molar-refractivity contribution in [1.29, 1.82) is 0 Å². The number of benzene rings is 1. The van der Waals surface area contributed by atoms with Gasteiger partial charge >= 0.3 is 0 Å². The van der Waals surface area contributed by atoms with Crippen molar-refractivity contribution in [1.82, 2.24) is 29.8 Å². The average molecular weight is 426 g/mol. The Bertz CT molecular complexity index is 945. The van der Waals surface area contributed by atoms with Gasteiger partial charge in [0.15, 0.2) is 5.16 Å². The van der Waals surface area contributed by atoms with Gasteiger partial charge < -0.3 is 9.64 Å². The number of thioether (sulfide) groups is 1. The average Bonchev–Trinajstić information content (AvgIpc) is 3.56. The summed E-state index contributed by atoms with van der Waals surface area (Å²) in [5.74, 6) is 1.69. The van der Waals surface area contributed by atoms with Gasteiger partial charge in [0, 0.05) is 25.4 Å². The van der Waals surface area contributed by atoms with Crippen LogP contribution in [0.5, 0.6) is 0 Å². The van der Waals surface area contributed by atoms with Crippen molar-refractivity contribution in [2.45, 2.75) is 55.7 Å². The number of hydrogen-bond acceptors (Lipinski definition) is 7. The van der Waals surface area contributed by atoms with Crippen molar-refractivity contribution in [3.8, 4) is 5.69 Å². The third-order valence-corrected chi connectivity index (χ3v) is 6.62. The quantitative estimate of drug-likeness (QED) is 0.538. The molecule has 8 nitrogen and oxygen atoms in total. The highest BCUT2D eigenvalue weighted by atomic mass is 32.2. The van der Waals surface area contributed by atoms with Gasteiger partial charge in [0.25, 0.3) is 0 Å². The Labute approximate surface area is 180 Å². The van der Waals surface area contributed by atoms with E-state index in [0.29, 0.717) is 5.75 Å². The first-order valence-electron chi connectivity index (χ1n) is 10.8. The highest BCUT2D eigenvalue weighted by Gasteiger charge is 2.24. The third-order valence-electron chi connectivity index (χ3n) is 5.62. The van der Waals surface area contributed by atoms with Gasteiger partial charge in [0.05, 0.1) is 30.2 Å². The number of hydrogen-bond donors (Lipinski definition) is 0. The van der Waals surface area contributed by atoms with Gasteiger partial charge in [-0.25, -0.2) is 0 Å². The van der Waals surface area contributed by atoms with Crippen LogP contribution in [0.25, 0.3) is 5.69 Å². The van der Waals surface area contributed by atoms with Crippen molar-refractivity contribution in [3.05, 3.63) is 42.2 Å². The molecule has 1 atom stereocenters. The second-order valence-electron chi connectivity index (χ2n) is 7.83. The summed E-state index contributed by atoms with van der Waals surface area (Å²) in [6, 6.07) is 9.97. The molecule has 0 aliphatic carbocycles. The highest BCUT2D eigenvalue weighted by molar-refractivity contribution is 7.98. The Morgan fingerprint density at radius 2 is 1.90 bits per heavy atom. The summed E-state index contributed by atoms with van der Waals surface area (Å²) in [6.07, 6.45) is 8.06. The Kier molecular flexibility index (Phi) is 5.99. The molecule has 2 aliphatic rings. The summed E-state index contributed by atoms with van der Waals surface area (Å²) in [6.45, 7) is 3.79. The van der Waals surface area contributed by atoms with E-state index in [1.54, 1.807) is 16.6 Å². The number of piperidine rings is 1. The lowest BCUT2D eigenvalue weighted by Crippen LogP contribution is -2.33. The van der Waals surface area contributed by atoms with Crippen LogP contribution in [-0.4, -0.2) is 55.6 Å². The van der Waals surface area contributed by atoms with Gasteiger partial charge in [-0.1, -0.05) is 30.0 Å². The minimum atomic E-state index is 0.253. The fourth-order valence-corrected chi connectivity index (χ4v) is 4.87. The number of aromatic nitrogens is 6. The van der Waals surface area contributed by atoms with E-state index in [2.05, 4.69) is 29.9 Å². The fourth-order valence-electron chi connectivity index (χ4n) is 4.05. The molecule has 0 radical (unpaired) electrons. The predicted molar refractivity (Wildman–Crippen MR) is 116 cm³/mol. The number of para-hydroxylation sites is 1. The lowest BCUT2D eigenvalue weighted by Gasteiger charge is -2.28. The number of rotatable bonds is 7. The van der Waals surface area contributed by atoms with E-state index in [4.69, 9.17) is 4.74 Å². The summed E-state index contributed by atoms with van der Waals surface area (Å²) in [5, 5.41) is 19.1. The molecule has 30 heavy (non-hydrogen) atoms. The minimum absolute atomic E-state index is 0.253. The second-order valence-corrected chi connectivity index (χ2v) is 8.77. The van der Waals surface area contributed by atoms with E-state index in [1.165, 1.54) is 19.3 Å². The lowest BCUT2D eigenvalue weighted by atomic mass is 10.1. The van der Waals surface area contributed by atoms with E-state index in [9.17, 15) is 0 Å². The van der Waals surface area contributed by atoms with Crippen molar-refractivity contribution < 1.29 is 4.74 Å². The third kappa shape index (κ3) is 4.37. The summed E-state index contributed by atoms with van der Waals surface area (Å²) >= 11 is 1.67. The van der Waals surface area contributed by atoms with Crippen LogP contribution in [0.3, 0.4) is 0 Å². The van der Waals surface area contributed by atoms with Gasteiger partial charge in [-0.2, -0.15) is 15.0 Å². The lowest BCUT2D eigenvalue weighted by molar-refractivity contribution is 0.0951. The Balaban J connectivity index is 1.32. The highest BCUT2D eigenvalue weighted by Crippen LogP contribution is 2.28. The number of nitrogens with zero attached hydrogens (tertiary/aromatic N) is 7. The van der Waals surface area contributed by atoms with Crippen molar-refractivity contribution in [3.63, 3.8) is 0 Å². The molecule has 0 spiro atoms.